The maximum atomic E-state index is 12.7. The highest BCUT2D eigenvalue weighted by atomic mass is 16.5. The van der Waals surface area contributed by atoms with Gasteiger partial charge in [0.25, 0.3) is 5.91 Å². The van der Waals surface area contributed by atoms with Crippen LogP contribution in [0.3, 0.4) is 0 Å². The number of benzene rings is 2. The third-order valence-corrected chi connectivity index (χ3v) is 4.39. The minimum absolute atomic E-state index is 0.0492. The van der Waals surface area contributed by atoms with E-state index in [1.807, 2.05) is 62.4 Å². The highest BCUT2D eigenvalue weighted by molar-refractivity contribution is 5.98. The van der Waals surface area contributed by atoms with Crippen LogP contribution in [0, 0.1) is 0 Å². The van der Waals surface area contributed by atoms with Crippen molar-refractivity contribution in [1.82, 2.24) is 9.88 Å². The zero-order valence-corrected chi connectivity index (χ0v) is 15.7. The number of fused-ring (bicyclic) bond motifs is 1. The molecule has 0 bridgehead atoms. The summed E-state index contributed by atoms with van der Waals surface area (Å²) in [7, 11) is 0. The number of hydrogen-bond donors (Lipinski definition) is 1. The highest BCUT2D eigenvalue weighted by Gasteiger charge is 2.14. The van der Waals surface area contributed by atoms with Crippen molar-refractivity contribution in [3.05, 3.63) is 71.4 Å². The van der Waals surface area contributed by atoms with E-state index in [0.717, 1.165) is 28.6 Å². The lowest BCUT2D eigenvalue weighted by molar-refractivity contribution is 0.0657. The summed E-state index contributed by atoms with van der Waals surface area (Å²) in [4.78, 5) is 12.7. The average molecular weight is 350 g/mol. The van der Waals surface area contributed by atoms with Crippen LogP contribution in [0.2, 0.25) is 0 Å². The van der Waals surface area contributed by atoms with Crippen molar-refractivity contribution >= 4 is 16.8 Å². The van der Waals surface area contributed by atoms with Gasteiger partial charge in [0.1, 0.15) is 5.69 Å². The fraction of sp³-hybridized carbons (Fsp3) is 0.318. The van der Waals surface area contributed by atoms with Crippen LogP contribution in [0.15, 0.2) is 54.6 Å². The fourth-order valence-corrected chi connectivity index (χ4v) is 3.10. The average Bonchev–Trinajstić information content (AvgIpc) is 3.03. The fourth-order valence-electron chi connectivity index (χ4n) is 3.10. The molecule has 1 aromatic heterocycles. The first-order valence-electron chi connectivity index (χ1n) is 9.14. The number of rotatable bonds is 7. The predicted octanol–water partition coefficient (Wildman–Crippen LogP) is 4.52. The van der Waals surface area contributed by atoms with Crippen molar-refractivity contribution < 1.29 is 9.53 Å². The molecular weight excluding hydrogens is 324 g/mol. The topological polar surface area (TPSA) is 43.3 Å². The maximum Gasteiger partial charge on any atom is 0.268 e. The molecule has 26 heavy (non-hydrogen) atoms. The number of aryl methyl sites for hydroxylation is 1. The number of aromatic nitrogens is 1. The summed E-state index contributed by atoms with van der Waals surface area (Å²) < 4.78 is 7.70. The lowest BCUT2D eigenvalue weighted by atomic mass is 10.1. The molecule has 4 heteroatoms. The molecule has 0 radical (unpaired) electrons. The van der Waals surface area contributed by atoms with Crippen LogP contribution in [-0.4, -0.2) is 16.6 Å². The molecule has 0 atom stereocenters. The van der Waals surface area contributed by atoms with Gasteiger partial charge < -0.3 is 14.6 Å². The second-order valence-corrected chi connectivity index (χ2v) is 6.70. The molecule has 136 valence electrons. The molecule has 0 fully saturated rings. The number of hydrogen-bond acceptors (Lipinski definition) is 2. The summed E-state index contributed by atoms with van der Waals surface area (Å²) in [5, 5.41) is 4.13. The molecule has 0 spiro atoms. The van der Waals surface area contributed by atoms with Gasteiger partial charge in [0.15, 0.2) is 0 Å². The van der Waals surface area contributed by atoms with Gasteiger partial charge in [-0.1, -0.05) is 42.5 Å². The van der Waals surface area contributed by atoms with Gasteiger partial charge in [-0.3, -0.25) is 4.79 Å². The number of ether oxygens (including phenoxy) is 1. The summed E-state index contributed by atoms with van der Waals surface area (Å²) in [5.74, 6) is -0.0492. The molecule has 0 saturated carbocycles. The lowest BCUT2D eigenvalue weighted by Crippen LogP contribution is -2.25. The largest absolute Gasteiger partial charge is 0.374 e. The van der Waals surface area contributed by atoms with E-state index in [-0.39, 0.29) is 12.0 Å². The van der Waals surface area contributed by atoms with E-state index >= 15 is 0 Å². The Bertz CT molecular complexity index is 896. The Balaban J connectivity index is 1.70. The van der Waals surface area contributed by atoms with Crippen molar-refractivity contribution in [3.63, 3.8) is 0 Å². The normalized spacial score (nSPS) is 11.2. The Labute approximate surface area is 154 Å². The minimum atomic E-state index is -0.0492. The summed E-state index contributed by atoms with van der Waals surface area (Å²) in [6.07, 6.45) is 0.203. The van der Waals surface area contributed by atoms with E-state index in [2.05, 4.69) is 22.9 Å². The minimum Gasteiger partial charge on any atom is -0.374 e. The predicted molar refractivity (Wildman–Crippen MR) is 105 cm³/mol. The molecule has 3 rings (SSSR count). The molecule has 2 aromatic carbocycles. The van der Waals surface area contributed by atoms with E-state index in [9.17, 15) is 4.79 Å². The van der Waals surface area contributed by atoms with E-state index in [1.54, 1.807) is 0 Å². The Morgan fingerprint density at radius 1 is 1.08 bits per heavy atom. The number of para-hydroxylation sites is 1. The Morgan fingerprint density at radius 3 is 2.62 bits per heavy atom. The van der Waals surface area contributed by atoms with E-state index in [4.69, 9.17) is 4.74 Å². The maximum absolute atomic E-state index is 12.7. The van der Waals surface area contributed by atoms with Gasteiger partial charge in [-0.15, -0.1) is 0 Å². The second kappa shape index (κ2) is 8.19. The smallest absolute Gasteiger partial charge is 0.268 e. The van der Waals surface area contributed by atoms with Gasteiger partial charge >= 0.3 is 0 Å². The number of nitrogens with zero attached hydrogens (tertiary/aromatic N) is 1. The molecule has 0 aliphatic heterocycles. The van der Waals surface area contributed by atoms with Crippen molar-refractivity contribution in [2.24, 2.45) is 0 Å². The quantitative estimate of drug-likeness (QED) is 0.681. The van der Waals surface area contributed by atoms with Crippen molar-refractivity contribution in [2.45, 2.75) is 46.6 Å². The number of carbonyl (C=O) groups excluding carboxylic acids is 1. The third-order valence-electron chi connectivity index (χ3n) is 4.39. The summed E-state index contributed by atoms with van der Waals surface area (Å²) in [5.41, 5.74) is 3.98. The molecule has 0 aliphatic carbocycles. The molecule has 0 saturated heterocycles. The first-order chi connectivity index (χ1) is 12.6. The number of carbonyl (C=O) groups is 1. The molecule has 1 heterocycles. The Kier molecular flexibility index (Phi) is 5.74. The SMILES string of the molecule is CCn1c(C(=O)NCc2cccc(COC(C)C)c2)cc2ccccc21. The van der Waals surface area contributed by atoms with Gasteiger partial charge in [-0.05, 0) is 44.0 Å². The Morgan fingerprint density at radius 2 is 1.85 bits per heavy atom. The molecule has 0 unspecified atom stereocenters. The van der Waals surface area contributed by atoms with Crippen LogP contribution in [-0.2, 0) is 24.4 Å². The summed E-state index contributed by atoms with van der Waals surface area (Å²) in [6.45, 7) is 7.95. The third kappa shape index (κ3) is 4.14. The Hall–Kier alpha value is -2.59. The lowest BCUT2D eigenvalue weighted by Gasteiger charge is -2.11. The van der Waals surface area contributed by atoms with Crippen molar-refractivity contribution in [3.8, 4) is 0 Å². The molecule has 1 N–H and O–H groups in total. The highest BCUT2D eigenvalue weighted by Crippen LogP contribution is 2.20. The van der Waals surface area contributed by atoms with Crippen LogP contribution >= 0.6 is 0 Å². The van der Waals surface area contributed by atoms with Gasteiger partial charge in [0.05, 0.1) is 12.7 Å². The molecule has 0 aliphatic rings. The van der Waals surface area contributed by atoms with E-state index < -0.39 is 0 Å². The van der Waals surface area contributed by atoms with Crippen molar-refractivity contribution in [1.29, 1.82) is 0 Å². The number of nitrogens with one attached hydrogen (secondary N) is 1. The van der Waals surface area contributed by atoms with Crippen LogP contribution in [0.5, 0.6) is 0 Å². The summed E-state index contributed by atoms with van der Waals surface area (Å²) >= 11 is 0. The van der Waals surface area contributed by atoms with E-state index in [1.165, 1.54) is 0 Å². The standard InChI is InChI=1S/C22H26N2O2/c1-4-24-20-11-6-5-10-19(20)13-21(24)22(25)23-14-17-8-7-9-18(12-17)15-26-16(2)3/h5-13,16H,4,14-15H2,1-3H3,(H,23,25). The summed E-state index contributed by atoms with van der Waals surface area (Å²) in [6, 6.07) is 18.2. The van der Waals surface area contributed by atoms with Gasteiger partial charge in [0.2, 0.25) is 0 Å². The number of amides is 1. The second-order valence-electron chi connectivity index (χ2n) is 6.70. The van der Waals surface area contributed by atoms with Crippen LogP contribution in [0.25, 0.3) is 10.9 Å². The van der Waals surface area contributed by atoms with Gasteiger partial charge in [-0.25, -0.2) is 0 Å². The van der Waals surface area contributed by atoms with Crippen LogP contribution in [0.4, 0.5) is 0 Å². The van der Waals surface area contributed by atoms with E-state index in [0.29, 0.717) is 18.8 Å². The molecule has 3 aromatic rings. The molecule has 1 amide bonds. The zero-order valence-electron chi connectivity index (χ0n) is 15.7. The van der Waals surface area contributed by atoms with Crippen LogP contribution < -0.4 is 5.32 Å². The molecule has 4 nitrogen and oxygen atoms in total. The monoisotopic (exact) mass is 350 g/mol. The van der Waals surface area contributed by atoms with Gasteiger partial charge in [-0.2, -0.15) is 0 Å². The first-order valence-corrected chi connectivity index (χ1v) is 9.14. The van der Waals surface area contributed by atoms with Crippen LogP contribution in [0.1, 0.15) is 42.4 Å². The van der Waals surface area contributed by atoms with Crippen molar-refractivity contribution in [2.75, 3.05) is 0 Å². The molecular formula is C22H26N2O2. The van der Waals surface area contributed by atoms with Gasteiger partial charge in [0, 0.05) is 24.0 Å². The first kappa shape index (κ1) is 18.2. The zero-order chi connectivity index (χ0) is 18.5.